The molecule has 0 aromatic heterocycles. The summed E-state index contributed by atoms with van der Waals surface area (Å²) in [7, 11) is -1.04. The highest BCUT2D eigenvalue weighted by Crippen LogP contribution is 2.19. The molecule has 0 fully saturated rings. The molecule has 1 atom stereocenters. The van der Waals surface area contributed by atoms with E-state index >= 15 is 0 Å². The number of hydrogen-bond acceptors (Lipinski definition) is 4. The third kappa shape index (κ3) is 6.29. The van der Waals surface area contributed by atoms with Crippen LogP contribution in [0.5, 0.6) is 0 Å². The minimum atomic E-state index is -3.89. The van der Waals surface area contributed by atoms with Gasteiger partial charge in [0.1, 0.15) is 6.04 Å². The summed E-state index contributed by atoms with van der Waals surface area (Å²) in [5, 5.41) is 3.00. The number of amides is 2. The molecular formula is C22H28ClN3O4S. The number of carbonyl (C=O) groups excluding carboxylic acids is 2. The van der Waals surface area contributed by atoms with Crippen LogP contribution in [0.3, 0.4) is 0 Å². The van der Waals surface area contributed by atoms with Gasteiger partial charge in [0.25, 0.3) is 0 Å². The first kappa shape index (κ1) is 24.8. The van der Waals surface area contributed by atoms with E-state index in [1.165, 1.54) is 43.3 Å². The predicted molar refractivity (Wildman–Crippen MR) is 121 cm³/mol. The first-order valence-corrected chi connectivity index (χ1v) is 11.7. The Morgan fingerprint density at radius 3 is 2.16 bits per heavy atom. The first-order chi connectivity index (χ1) is 14.6. The summed E-state index contributed by atoms with van der Waals surface area (Å²) in [5.41, 5.74) is 1.93. The molecule has 2 amide bonds. The van der Waals surface area contributed by atoms with Gasteiger partial charge >= 0.3 is 0 Å². The van der Waals surface area contributed by atoms with Gasteiger partial charge in [-0.15, -0.1) is 0 Å². The topological polar surface area (TPSA) is 86.8 Å². The van der Waals surface area contributed by atoms with Crippen LogP contribution in [0.4, 0.5) is 0 Å². The Hall–Kier alpha value is -2.42. The van der Waals surface area contributed by atoms with E-state index in [-0.39, 0.29) is 17.3 Å². The molecule has 0 unspecified atom stereocenters. The quantitative estimate of drug-likeness (QED) is 0.617. The number of nitrogens with zero attached hydrogens (tertiary/aromatic N) is 2. The molecule has 0 saturated heterocycles. The van der Waals surface area contributed by atoms with Crippen LogP contribution in [-0.4, -0.2) is 56.1 Å². The molecule has 2 aromatic carbocycles. The first-order valence-electron chi connectivity index (χ1n) is 9.88. The van der Waals surface area contributed by atoms with E-state index < -0.39 is 28.5 Å². The molecule has 168 valence electrons. The molecular weight excluding hydrogens is 438 g/mol. The Labute approximate surface area is 189 Å². The van der Waals surface area contributed by atoms with Gasteiger partial charge in [0.05, 0.1) is 11.4 Å². The zero-order valence-electron chi connectivity index (χ0n) is 18.1. The second kappa shape index (κ2) is 10.7. The molecule has 0 aliphatic heterocycles. The molecule has 0 bridgehead atoms. The van der Waals surface area contributed by atoms with Gasteiger partial charge in [-0.2, -0.15) is 4.31 Å². The van der Waals surface area contributed by atoms with Crippen LogP contribution in [0.15, 0.2) is 53.4 Å². The number of likely N-dealkylation sites (N-methyl/N-ethyl adjacent to an activating group) is 2. The standard InChI is InChI=1S/C22H28ClN3O4S/c1-5-20(22(28)24-3)26(14-17-8-6-16(2)7-9-17)21(27)15-25(4)31(29,30)19-12-10-18(23)11-13-19/h6-13,20H,5,14-15H2,1-4H3,(H,24,28)/t20-/m0/s1. The highest BCUT2D eigenvalue weighted by molar-refractivity contribution is 7.89. The number of aryl methyl sites for hydroxylation is 1. The molecule has 0 aliphatic rings. The maximum absolute atomic E-state index is 13.2. The van der Waals surface area contributed by atoms with E-state index in [0.717, 1.165) is 15.4 Å². The Morgan fingerprint density at radius 1 is 1.06 bits per heavy atom. The lowest BCUT2D eigenvalue weighted by Crippen LogP contribution is -2.51. The summed E-state index contributed by atoms with van der Waals surface area (Å²) >= 11 is 5.84. The molecule has 9 heteroatoms. The lowest BCUT2D eigenvalue weighted by molar-refractivity contribution is -0.141. The van der Waals surface area contributed by atoms with Crippen molar-refractivity contribution < 1.29 is 18.0 Å². The molecule has 0 radical (unpaired) electrons. The van der Waals surface area contributed by atoms with Crippen molar-refractivity contribution in [3.63, 3.8) is 0 Å². The summed E-state index contributed by atoms with van der Waals surface area (Å²) in [4.78, 5) is 27.1. The van der Waals surface area contributed by atoms with Crippen molar-refractivity contribution in [3.8, 4) is 0 Å². The Morgan fingerprint density at radius 2 is 1.65 bits per heavy atom. The average molecular weight is 466 g/mol. The number of benzene rings is 2. The summed E-state index contributed by atoms with van der Waals surface area (Å²) in [6.07, 6.45) is 0.394. The van der Waals surface area contributed by atoms with E-state index in [4.69, 9.17) is 11.6 Å². The number of rotatable bonds is 9. The van der Waals surface area contributed by atoms with Crippen LogP contribution >= 0.6 is 11.6 Å². The fraction of sp³-hybridized carbons (Fsp3) is 0.364. The van der Waals surface area contributed by atoms with Crippen molar-refractivity contribution in [1.82, 2.24) is 14.5 Å². The summed E-state index contributed by atoms with van der Waals surface area (Å²) < 4.78 is 26.7. The minimum Gasteiger partial charge on any atom is -0.357 e. The van der Waals surface area contributed by atoms with Crippen molar-refractivity contribution in [3.05, 3.63) is 64.7 Å². The molecule has 31 heavy (non-hydrogen) atoms. The molecule has 0 aliphatic carbocycles. The lowest BCUT2D eigenvalue weighted by atomic mass is 10.1. The van der Waals surface area contributed by atoms with Crippen molar-refractivity contribution in [2.45, 2.75) is 37.8 Å². The fourth-order valence-electron chi connectivity index (χ4n) is 3.13. The van der Waals surface area contributed by atoms with E-state index in [2.05, 4.69) is 5.32 Å². The van der Waals surface area contributed by atoms with Gasteiger partial charge in [-0.1, -0.05) is 48.4 Å². The van der Waals surface area contributed by atoms with Crippen molar-refractivity contribution in [2.75, 3.05) is 20.6 Å². The zero-order chi connectivity index (χ0) is 23.2. The third-order valence-electron chi connectivity index (χ3n) is 4.99. The Balaban J connectivity index is 2.29. The van der Waals surface area contributed by atoms with Crippen LogP contribution in [0.25, 0.3) is 0 Å². The number of hydrogen-bond donors (Lipinski definition) is 1. The monoisotopic (exact) mass is 465 g/mol. The second-order valence-corrected chi connectivity index (χ2v) is 9.74. The average Bonchev–Trinajstić information content (AvgIpc) is 2.74. The van der Waals surface area contributed by atoms with E-state index in [9.17, 15) is 18.0 Å². The van der Waals surface area contributed by atoms with Crippen LogP contribution in [-0.2, 0) is 26.2 Å². The van der Waals surface area contributed by atoms with Gasteiger partial charge in [0.2, 0.25) is 21.8 Å². The summed E-state index contributed by atoms with van der Waals surface area (Å²) in [5.74, 6) is -0.762. The van der Waals surface area contributed by atoms with Crippen molar-refractivity contribution >= 4 is 33.4 Å². The predicted octanol–water partition coefficient (Wildman–Crippen LogP) is 2.82. The Kier molecular flexibility index (Phi) is 8.61. The van der Waals surface area contributed by atoms with Gasteiger partial charge in [-0.05, 0) is 43.2 Å². The van der Waals surface area contributed by atoms with Gasteiger partial charge in [0, 0.05) is 25.7 Å². The number of carbonyl (C=O) groups is 2. The fourth-order valence-corrected chi connectivity index (χ4v) is 4.38. The van der Waals surface area contributed by atoms with Crippen LogP contribution in [0.1, 0.15) is 24.5 Å². The smallest absolute Gasteiger partial charge is 0.243 e. The van der Waals surface area contributed by atoms with Gasteiger partial charge < -0.3 is 10.2 Å². The van der Waals surface area contributed by atoms with Crippen molar-refractivity contribution in [1.29, 1.82) is 0 Å². The molecule has 0 saturated carbocycles. The molecule has 0 heterocycles. The SMILES string of the molecule is CC[C@@H](C(=O)NC)N(Cc1ccc(C)cc1)C(=O)CN(C)S(=O)(=O)c1ccc(Cl)cc1. The molecule has 7 nitrogen and oxygen atoms in total. The van der Waals surface area contributed by atoms with E-state index in [0.29, 0.717) is 11.4 Å². The zero-order valence-corrected chi connectivity index (χ0v) is 19.7. The molecule has 2 aromatic rings. The van der Waals surface area contributed by atoms with Crippen LogP contribution in [0, 0.1) is 6.92 Å². The largest absolute Gasteiger partial charge is 0.357 e. The van der Waals surface area contributed by atoms with Crippen LogP contribution < -0.4 is 5.32 Å². The van der Waals surface area contributed by atoms with E-state index in [1.54, 1.807) is 0 Å². The third-order valence-corrected chi connectivity index (χ3v) is 7.06. The number of sulfonamides is 1. The van der Waals surface area contributed by atoms with E-state index in [1.807, 2.05) is 38.1 Å². The molecule has 0 spiro atoms. The normalized spacial score (nSPS) is 12.5. The van der Waals surface area contributed by atoms with Gasteiger partial charge in [-0.25, -0.2) is 8.42 Å². The maximum atomic E-state index is 13.2. The maximum Gasteiger partial charge on any atom is 0.243 e. The minimum absolute atomic E-state index is 0.0376. The summed E-state index contributed by atoms with van der Waals surface area (Å²) in [6.45, 7) is 3.57. The number of halogens is 1. The highest BCUT2D eigenvalue weighted by Gasteiger charge is 2.31. The van der Waals surface area contributed by atoms with Gasteiger partial charge in [-0.3, -0.25) is 9.59 Å². The Bertz CT molecular complexity index is 1010. The van der Waals surface area contributed by atoms with Crippen molar-refractivity contribution in [2.24, 2.45) is 0 Å². The lowest BCUT2D eigenvalue weighted by Gasteiger charge is -2.31. The van der Waals surface area contributed by atoms with Gasteiger partial charge in [0.15, 0.2) is 0 Å². The highest BCUT2D eigenvalue weighted by atomic mass is 35.5. The molecule has 2 rings (SSSR count). The molecule has 1 N–H and O–H groups in total. The summed E-state index contributed by atoms with van der Waals surface area (Å²) in [6, 6.07) is 12.7. The second-order valence-electron chi connectivity index (χ2n) is 7.26. The number of nitrogens with one attached hydrogen (secondary N) is 1. The van der Waals surface area contributed by atoms with Crippen LogP contribution in [0.2, 0.25) is 5.02 Å².